The van der Waals surface area contributed by atoms with E-state index in [0.717, 1.165) is 5.56 Å². The third kappa shape index (κ3) is 4.03. The molecule has 6 heteroatoms. The molecular formula is C15H15BrFN3O. The molecule has 110 valence electrons. The van der Waals surface area contributed by atoms with Crippen molar-refractivity contribution in [1.29, 1.82) is 0 Å². The third-order valence-corrected chi connectivity index (χ3v) is 3.53. The van der Waals surface area contributed by atoms with E-state index in [-0.39, 0.29) is 11.7 Å². The van der Waals surface area contributed by atoms with Crippen molar-refractivity contribution >= 4 is 33.3 Å². The Morgan fingerprint density at radius 2 is 1.95 bits per heavy atom. The SMILES string of the molecule is CC(N)c1cccc(NC(=O)Nc2c(F)cccc2Br)c1. The predicted octanol–water partition coefficient (Wildman–Crippen LogP) is 4.25. The van der Waals surface area contributed by atoms with Gasteiger partial charge in [0.05, 0.1) is 5.69 Å². The molecule has 0 aliphatic heterocycles. The van der Waals surface area contributed by atoms with E-state index in [4.69, 9.17) is 5.73 Å². The maximum atomic E-state index is 13.6. The molecule has 21 heavy (non-hydrogen) atoms. The first-order valence-electron chi connectivity index (χ1n) is 6.35. The molecule has 0 aliphatic carbocycles. The lowest BCUT2D eigenvalue weighted by molar-refractivity contribution is 0.262. The predicted molar refractivity (Wildman–Crippen MR) is 85.8 cm³/mol. The van der Waals surface area contributed by atoms with Crippen molar-refractivity contribution < 1.29 is 9.18 Å². The van der Waals surface area contributed by atoms with Crippen LogP contribution in [-0.2, 0) is 0 Å². The Kier molecular flexibility index (Phi) is 4.93. The molecule has 4 nitrogen and oxygen atoms in total. The van der Waals surface area contributed by atoms with Crippen LogP contribution in [0.2, 0.25) is 0 Å². The van der Waals surface area contributed by atoms with Crippen LogP contribution in [0.1, 0.15) is 18.5 Å². The summed E-state index contributed by atoms with van der Waals surface area (Å²) in [5.74, 6) is -0.510. The Bertz CT molecular complexity index is 641. The Hall–Kier alpha value is -1.92. The molecule has 0 saturated heterocycles. The Morgan fingerprint density at radius 3 is 2.62 bits per heavy atom. The lowest BCUT2D eigenvalue weighted by Crippen LogP contribution is -2.20. The summed E-state index contributed by atoms with van der Waals surface area (Å²) in [6.45, 7) is 1.86. The van der Waals surface area contributed by atoms with Crippen molar-refractivity contribution in [3.63, 3.8) is 0 Å². The van der Waals surface area contributed by atoms with Crippen molar-refractivity contribution in [1.82, 2.24) is 0 Å². The topological polar surface area (TPSA) is 67.1 Å². The number of amides is 2. The molecule has 2 amide bonds. The fraction of sp³-hybridized carbons (Fsp3) is 0.133. The molecular weight excluding hydrogens is 337 g/mol. The van der Waals surface area contributed by atoms with Crippen molar-refractivity contribution in [2.24, 2.45) is 5.73 Å². The molecule has 0 bridgehead atoms. The number of hydrogen-bond acceptors (Lipinski definition) is 2. The average molecular weight is 352 g/mol. The highest BCUT2D eigenvalue weighted by Crippen LogP contribution is 2.25. The normalized spacial score (nSPS) is 11.8. The molecule has 2 aromatic rings. The van der Waals surface area contributed by atoms with Gasteiger partial charge in [-0.3, -0.25) is 0 Å². The van der Waals surface area contributed by atoms with Crippen LogP contribution in [0.15, 0.2) is 46.9 Å². The van der Waals surface area contributed by atoms with Crippen molar-refractivity contribution in [3.05, 3.63) is 58.3 Å². The fourth-order valence-electron chi connectivity index (χ4n) is 1.79. The Labute approximate surface area is 130 Å². The van der Waals surface area contributed by atoms with E-state index in [9.17, 15) is 9.18 Å². The van der Waals surface area contributed by atoms with E-state index in [1.165, 1.54) is 6.07 Å². The van der Waals surface area contributed by atoms with Crippen LogP contribution < -0.4 is 16.4 Å². The molecule has 0 aliphatic rings. The summed E-state index contributed by atoms with van der Waals surface area (Å²) in [5, 5.41) is 5.12. The second kappa shape index (κ2) is 6.69. The minimum atomic E-state index is -0.525. The van der Waals surface area contributed by atoms with Gasteiger partial charge in [0.25, 0.3) is 0 Å². The lowest BCUT2D eigenvalue weighted by Gasteiger charge is -2.12. The van der Waals surface area contributed by atoms with Crippen LogP contribution in [0.3, 0.4) is 0 Å². The van der Waals surface area contributed by atoms with E-state index < -0.39 is 11.8 Å². The first-order chi connectivity index (χ1) is 9.97. The summed E-state index contributed by atoms with van der Waals surface area (Å²) in [7, 11) is 0. The maximum absolute atomic E-state index is 13.6. The van der Waals surface area contributed by atoms with Crippen LogP contribution in [0.5, 0.6) is 0 Å². The summed E-state index contributed by atoms with van der Waals surface area (Å²) >= 11 is 3.19. The number of carbonyl (C=O) groups is 1. The molecule has 0 aromatic heterocycles. The number of hydrogen-bond donors (Lipinski definition) is 3. The first kappa shape index (κ1) is 15.5. The zero-order chi connectivity index (χ0) is 15.4. The zero-order valence-electron chi connectivity index (χ0n) is 11.4. The Morgan fingerprint density at radius 1 is 1.24 bits per heavy atom. The number of nitrogens with one attached hydrogen (secondary N) is 2. The number of carbonyl (C=O) groups excluding carboxylic acids is 1. The quantitative estimate of drug-likeness (QED) is 0.773. The van der Waals surface area contributed by atoms with Crippen molar-refractivity contribution in [2.45, 2.75) is 13.0 Å². The average Bonchev–Trinajstić information content (AvgIpc) is 2.43. The number of para-hydroxylation sites is 1. The van der Waals surface area contributed by atoms with Gasteiger partial charge >= 0.3 is 6.03 Å². The van der Waals surface area contributed by atoms with Crippen LogP contribution >= 0.6 is 15.9 Å². The van der Waals surface area contributed by atoms with Gasteiger partial charge in [-0.2, -0.15) is 0 Å². The first-order valence-corrected chi connectivity index (χ1v) is 7.14. The number of benzene rings is 2. The number of nitrogens with two attached hydrogens (primary N) is 1. The minimum Gasteiger partial charge on any atom is -0.324 e. The van der Waals surface area contributed by atoms with Crippen LogP contribution in [0.4, 0.5) is 20.6 Å². The van der Waals surface area contributed by atoms with Crippen LogP contribution in [0, 0.1) is 5.82 Å². The molecule has 0 radical (unpaired) electrons. The number of halogens is 2. The maximum Gasteiger partial charge on any atom is 0.323 e. The molecule has 2 rings (SSSR count). The van der Waals surface area contributed by atoms with Crippen molar-refractivity contribution in [2.75, 3.05) is 10.6 Å². The van der Waals surface area contributed by atoms with E-state index >= 15 is 0 Å². The molecule has 4 N–H and O–H groups in total. The standard InChI is InChI=1S/C15H15BrFN3O/c1-9(18)10-4-2-5-11(8-10)19-15(21)20-14-12(16)6-3-7-13(14)17/h2-9H,18H2,1H3,(H2,19,20,21). The highest BCUT2D eigenvalue weighted by Gasteiger charge is 2.10. The second-order valence-corrected chi connectivity index (χ2v) is 5.44. The smallest absolute Gasteiger partial charge is 0.323 e. The van der Waals surface area contributed by atoms with Gasteiger partial charge in [-0.1, -0.05) is 18.2 Å². The molecule has 2 aromatic carbocycles. The van der Waals surface area contributed by atoms with Crippen LogP contribution in [-0.4, -0.2) is 6.03 Å². The summed E-state index contributed by atoms with van der Waals surface area (Å²) in [6, 6.07) is 11.0. The molecule has 1 unspecified atom stereocenters. The summed E-state index contributed by atoms with van der Waals surface area (Å²) in [5.41, 5.74) is 7.38. The third-order valence-electron chi connectivity index (χ3n) is 2.87. The van der Waals surface area contributed by atoms with E-state index in [1.54, 1.807) is 30.3 Å². The highest BCUT2D eigenvalue weighted by atomic mass is 79.9. The highest BCUT2D eigenvalue weighted by molar-refractivity contribution is 9.10. The fourth-order valence-corrected chi connectivity index (χ4v) is 2.23. The molecule has 0 fully saturated rings. The molecule has 0 heterocycles. The minimum absolute atomic E-state index is 0.0957. The van der Waals surface area contributed by atoms with Gasteiger partial charge in [0, 0.05) is 16.2 Å². The number of rotatable bonds is 3. The van der Waals surface area contributed by atoms with Gasteiger partial charge in [-0.05, 0) is 52.7 Å². The van der Waals surface area contributed by atoms with Crippen molar-refractivity contribution in [3.8, 4) is 0 Å². The molecule has 0 spiro atoms. The van der Waals surface area contributed by atoms with E-state index in [2.05, 4.69) is 26.6 Å². The van der Waals surface area contributed by atoms with Gasteiger partial charge in [0.1, 0.15) is 5.82 Å². The largest absolute Gasteiger partial charge is 0.324 e. The van der Waals surface area contributed by atoms with Gasteiger partial charge in [-0.15, -0.1) is 0 Å². The monoisotopic (exact) mass is 351 g/mol. The summed E-state index contributed by atoms with van der Waals surface area (Å²) in [4.78, 5) is 11.9. The number of urea groups is 1. The van der Waals surface area contributed by atoms with Gasteiger partial charge < -0.3 is 16.4 Å². The zero-order valence-corrected chi connectivity index (χ0v) is 12.9. The van der Waals surface area contributed by atoms with Gasteiger partial charge in [-0.25, -0.2) is 9.18 Å². The molecule has 1 atom stereocenters. The Balaban J connectivity index is 2.10. The van der Waals surface area contributed by atoms with Crippen LogP contribution in [0.25, 0.3) is 0 Å². The number of anilines is 2. The van der Waals surface area contributed by atoms with Gasteiger partial charge in [0.2, 0.25) is 0 Å². The molecule has 0 saturated carbocycles. The van der Waals surface area contributed by atoms with E-state index in [1.807, 2.05) is 13.0 Å². The summed E-state index contributed by atoms with van der Waals surface area (Å²) < 4.78 is 14.1. The lowest BCUT2D eigenvalue weighted by atomic mass is 10.1. The second-order valence-electron chi connectivity index (χ2n) is 4.59. The van der Waals surface area contributed by atoms with E-state index in [0.29, 0.717) is 10.2 Å². The van der Waals surface area contributed by atoms with Gasteiger partial charge in [0.15, 0.2) is 0 Å². The summed E-state index contributed by atoms with van der Waals surface area (Å²) in [6.07, 6.45) is 0.